The molecule has 0 aliphatic rings. The molecule has 6 heteroatoms. The van der Waals surface area contributed by atoms with Crippen LogP contribution in [0.2, 0.25) is 5.02 Å². The van der Waals surface area contributed by atoms with Crippen molar-refractivity contribution < 1.29 is 0 Å². The van der Waals surface area contributed by atoms with Crippen LogP contribution in [-0.2, 0) is 0 Å². The molecule has 0 saturated carbocycles. The van der Waals surface area contributed by atoms with E-state index >= 15 is 0 Å². The molecule has 0 unspecified atom stereocenters. The van der Waals surface area contributed by atoms with Crippen LogP contribution in [0.3, 0.4) is 0 Å². The van der Waals surface area contributed by atoms with Gasteiger partial charge in [0.2, 0.25) is 5.96 Å². The molecule has 0 fully saturated rings. The smallest absolute Gasteiger partial charge is 0.253 e. The molecule has 104 valence electrons. The maximum Gasteiger partial charge on any atom is 0.253 e. The van der Waals surface area contributed by atoms with Gasteiger partial charge in [0.25, 0.3) is 5.95 Å². The molecule has 0 spiro atoms. The van der Waals surface area contributed by atoms with Gasteiger partial charge in [-0.15, -0.1) is 0 Å². The van der Waals surface area contributed by atoms with Crippen molar-refractivity contribution in [3.63, 3.8) is 0 Å². The van der Waals surface area contributed by atoms with Gasteiger partial charge >= 0.3 is 0 Å². The number of hydrogen-bond acceptors (Lipinski definition) is 3. The maximum absolute atomic E-state index is 6.05. The first kappa shape index (κ1) is 14.3. The highest BCUT2D eigenvalue weighted by atomic mass is 35.5. The molecule has 0 aliphatic carbocycles. The van der Waals surface area contributed by atoms with E-state index in [9.17, 15) is 0 Å². The van der Waals surface area contributed by atoms with Crippen LogP contribution in [0.1, 0.15) is 17.0 Å². The summed E-state index contributed by atoms with van der Waals surface area (Å²) in [6.07, 6.45) is 0. The summed E-state index contributed by atoms with van der Waals surface area (Å²) < 4.78 is 0. The van der Waals surface area contributed by atoms with Crippen molar-refractivity contribution in [2.75, 3.05) is 5.32 Å². The van der Waals surface area contributed by atoms with Crippen molar-refractivity contribution in [2.45, 2.75) is 20.8 Å². The summed E-state index contributed by atoms with van der Waals surface area (Å²) in [6.45, 7) is 5.68. The molecule has 0 amide bonds. The number of guanidine groups is 1. The van der Waals surface area contributed by atoms with Gasteiger partial charge in [-0.3, -0.25) is 0 Å². The predicted octanol–water partition coefficient (Wildman–Crippen LogP) is 3.11. The number of aromatic nitrogens is 2. The van der Waals surface area contributed by atoms with Crippen molar-refractivity contribution in [1.29, 1.82) is 0 Å². The molecule has 0 bridgehead atoms. The molecule has 0 saturated heterocycles. The Labute approximate surface area is 122 Å². The summed E-state index contributed by atoms with van der Waals surface area (Å²) in [6, 6.07) is 7.43. The minimum absolute atomic E-state index is 0.223. The summed E-state index contributed by atoms with van der Waals surface area (Å²) >= 11 is 6.05. The highest BCUT2D eigenvalue weighted by molar-refractivity contribution is 6.31. The second-order valence-electron chi connectivity index (χ2n) is 4.49. The first-order valence-electron chi connectivity index (χ1n) is 6.14. The monoisotopic (exact) mass is 289 g/mol. The van der Waals surface area contributed by atoms with Gasteiger partial charge in [-0.2, -0.15) is 4.99 Å². The summed E-state index contributed by atoms with van der Waals surface area (Å²) in [5.74, 6) is 0.563. The van der Waals surface area contributed by atoms with Crippen LogP contribution in [0.4, 0.5) is 11.6 Å². The van der Waals surface area contributed by atoms with Gasteiger partial charge in [-0.25, -0.2) is 9.97 Å². The molecule has 5 nitrogen and oxygen atoms in total. The lowest BCUT2D eigenvalue weighted by Crippen LogP contribution is -2.22. The van der Waals surface area contributed by atoms with Gasteiger partial charge in [0.05, 0.1) is 0 Å². The Balaban J connectivity index is 2.25. The molecular formula is C14H16ClN5. The van der Waals surface area contributed by atoms with Crippen molar-refractivity contribution in [1.82, 2.24) is 9.97 Å². The van der Waals surface area contributed by atoms with Crippen LogP contribution >= 0.6 is 11.6 Å². The SMILES string of the molecule is Cc1cc(C)nc(/N=C(\N)Nc2cccc(Cl)c2C)n1. The molecule has 2 aromatic rings. The van der Waals surface area contributed by atoms with Crippen LogP contribution in [-0.4, -0.2) is 15.9 Å². The third-order valence-electron chi connectivity index (χ3n) is 2.72. The molecular weight excluding hydrogens is 274 g/mol. The van der Waals surface area contributed by atoms with E-state index in [4.69, 9.17) is 17.3 Å². The molecule has 0 radical (unpaired) electrons. The van der Waals surface area contributed by atoms with E-state index in [2.05, 4.69) is 20.3 Å². The lowest BCUT2D eigenvalue weighted by atomic mass is 10.2. The molecule has 1 heterocycles. The number of anilines is 1. The Hall–Kier alpha value is -2.14. The van der Waals surface area contributed by atoms with Crippen molar-refractivity contribution in [3.8, 4) is 0 Å². The van der Waals surface area contributed by atoms with Crippen LogP contribution in [0.5, 0.6) is 0 Å². The number of aryl methyl sites for hydroxylation is 2. The number of hydrogen-bond donors (Lipinski definition) is 2. The Morgan fingerprint density at radius 3 is 2.50 bits per heavy atom. The summed E-state index contributed by atoms with van der Waals surface area (Å²) in [5.41, 5.74) is 9.29. The van der Waals surface area contributed by atoms with Gasteiger partial charge < -0.3 is 11.1 Å². The van der Waals surface area contributed by atoms with E-state index in [1.165, 1.54) is 0 Å². The average molecular weight is 290 g/mol. The van der Waals surface area contributed by atoms with Crippen LogP contribution < -0.4 is 11.1 Å². The number of aliphatic imine (C=N–C) groups is 1. The van der Waals surface area contributed by atoms with E-state index in [1.54, 1.807) is 0 Å². The number of rotatable bonds is 2. The van der Waals surface area contributed by atoms with Gasteiger partial charge in [0.15, 0.2) is 0 Å². The quantitative estimate of drug-likeness (QED) is 0.658. The highest BCUT2D eigenvalue weighted by Gasteiger charge is 2.04. The Morgan fingerprint density at radius 2 is 1.85 bits per heavy atom. The Bertz CT molecular complexity index is 646. The fraction of sp³-hybridized carbons (Fsp3) is 0.214. The zero-order valence-corrected chi connectivity index (χ0v) is 12.4. The number of benzene rings is 1. The van der Waals surface area contributed by atoms with Crippen LogP contribution in [0, 0.1) is 20.8 Å². The fourth-order valence-electron chi connectivity index (χ4n) is 1.77. The number of nitrogens with one attached hydrogen (secondary N) is 1. The summed E-state index contributed by atoms with van der Waals surface area (Å²) in [4.78, 5) is 12.6. The maximum atomic E-state index is 6.05. The van der Waals surface area contributed by atoms with Crippen LogP contribution in [0.25, 0.3) is 0 Å². The van der Waals surface area contributed by atoms with Gasteiger partial charge in [-0.1, -0.05) is 17.7 Å². The number of nitrogens with zero attached hydrogens (tertiary/aromatic N) is 3. The van der Waals surface area contributed by atoms with Crippen LogP contribution in [0.15, 0.2) is 29.3 Å². The molecule has 0 aliphatic heterocycles. The summed E-state index contributed by atoms with van der Waals surface area (Å²) in [5, 5.41) is 3.67. The first-order valence-corrected chi connectivity index (χ1v) is 6.52. The van der Waals surface area contributed by atoms with Crippen molar-refractivity contribution in [2.24, 2.45) is 10.7 Å². The second-order valence-corrected chi connectivity index (χ2v) is 4.89. The predicted molar refractivity (Wildman–Crippen MR) is 82.6 cm³/mol. The highest BCUT2D eigenvalue weighted by Crippen LogP contribution is 2.22. The van der Waals surface area contributed by atoms with Gasteiger partial charge in [-0.05, 0) is 44.5 Å². The number of halogens is 1. The minimum Gasteiger partial charge on any atom is -0.369 e. The van der Waals surface area contributed by atoms with Crippen molar-refractivity contribution >= 4 is 29.2 Å². The van der Waals surface area contributed by atoms with E-state index in [-0.39, 0.29) is 5.96 Å². The fourth-order valence-corrected chi connectivity index (χ4v) is 1.95. The third-order valence-corrected chi connectivity index (χ3v) is 3.13. The van der Waals surface area contributed by atoms with Gasteiger partial charge in [0, 0.05) is 22.1 Å². The Morgan fingerprint density at radius 1 is 1.20 bits per heavy atom. The first-order chi connectivity index (χ1) is 9.45. The topological polar surface area (TPSA) is 76.2 Å². The average Bonchev–Trinajstić information content (AvgIpc) is 2.33. The molecule has 1 aromatic heterocycles. The van der Waals surface area contributed by atoms with Crippen molar-refractivity contribution in [3.05, 3.63) is 46.2 Å². The van der Waals surface area contributed by atoms with E-state index in [0.29, 0.717) is 11.0 Å². The lowest BCUT2D eigenvalue weighted by Gasteiger charge is -2.09. The van der Waals surface area contributed by atoms with Gasteiger partial charge in [0.1, 0.15) is 0 Å². The number of nitrogens with two attached hydrogens (primary N) is 1. The Kier molecular flexibility index (Phi) is 4.20. The van der Waals surface area contributed by atoms with E-state index in [1.807, 2.05) is 45.0 Å². The molecule has 1 aromatic carbocycles. The second kappa shape index (κ2) is 5.88. The normalized spacial score (nSPS) is 11.5. The summed E-state index contributed by atoms with van der Waals surface area (Å²) in [7, 11) is 0. The molecule has 0 atom stereocenters. The molecule has 2 rings (SSSR count). The van der Waals surface area contributed by atoms with E-state index < -0.39 is 0 Å². The third kappa shape index (κ3) is 3.45. The standard InChI is InChI=1S/C14H16ClN5/c1-8-7-9(2)18-14(17-8)20-13(16)19-12-6-4-5-11(15)10(12)3/h4-7H,1-3H3,(H3,16,17,18,19,20). The largest absolute Gasteiger partial charge is 0.369 e. The van der Waals surface area contributed by atoms with E-state index in [0.717, 1.165) is 22.6 Å². The molecule has 20 heavy (non-hydrogen) atoms. The lowest BCUT2D eigenvalue weighted by molar-refractivity contribution is 1.04. The minimum atomic E-state index is 0.223. The molecule has 3 N–H and O–H groups in total. The zero-order chi connectivity index (χ0) is 14.7. The zero-order valence-electron chi connectivity index (χ0n) is 11.6.